The van der Waals surface area contributed by atoms with Crippen molar-refractivity contribution in [3.63, 3.8) is 0 Å². The van der Waals surface area contributed by atoms with E-state index in [1.54, 1.807) is 0 Å². The number of ether oxygens (including phenoxy) is 2. The fourth-order valence-corrected chi connectivity index (χ4v) is 4.88. The van der Waals surface area contributed by atoms with Crippen LogP contribution in [-0.4, -0.2) is 24.7 Å². The highest BCUT2D eigenvalue weighted by Gasteiger charge is 2.19. The summed E-state index contributed by atoms with van der Waals surface area (Å²) in [7, 11) is 0. The molecule has 1 fully saturated rings. The van der Waals surface area contributed by atoms with Gasteiger partial charge in [-0.15, -0.1) is 23.5 Å². The Morgan fingerprint density at radius 3 is 2.53 bits per heavy atom. The van der Waals surface area contributed by atoms with Gasteiger partial charge in [0.25, 0.3) is 0 Å². The van der Waals surface area contributed by atoms with E-state index in [9.17, 15) is 0 Å². The van der Waals surface area contributed by atoms with Gasteiger partial charge < -0.3 is 9.47 Å². The van der Waals surface area contributed by atoms with Crippen molar-refractivity contribution in [1.29, 1.82) is 0 Å². The van der Waals surface area contributed by atoms with Gasteiger partial charge in [-0.25, -0.2) is 0 Å². The molecular weight excluding hydrogens is 252 g/mol. The fourth-order valence-electron chi connectivity index (χ4n) is 2.01. The lowest BCUT2D eigenvalue weighted by molar-refractivity contribution is 0.297. The van der Waals surface area contributed by atoms with E-state index in [2.05, 4.69) is 18.2 Å². The molecule has 0 atom stereocenters. The van der Waals surface area contributed by atoms with Crippen LogP contribution >= 0.6 is 23.5 Å². The number of fused-ring (bicyclic) bond motifs is 1. The van der Waals surface area contributed by atoms with Gasteiger partial charge in [0.2, 0.25) is 0 Å². The Morgan fingerprint density at radius 2 is 1.71 bits per heavy atom. The highest BCUT2D eigenvalue weighted by Crippen LogP contribution is 2.45. The molecule has 1 saturated heterocycles. The molecule has 2 heterocycles. The Hall–Kier alpha value is -0.480. The summed E-state index contributed by atoms with van der Waals surface area (Å²) in [6.07, 6.45) is 2.30. The number of hydrogen-bond acceptors (Lipinski definition) is 4. The molecule has 0 unspecified atom stereocenters. The Balaban J connectivity index is 1.83. The zero-order valence-electron chi connectivity index (χ0n) is 9.69. The van der Waals surface area contributed by atoms with E-state index >= 15 is 0 Å². The van der Waals surface area contributed by atoms with Crippen LogP contribution in [0.25, 0.3) is 0 Å². The minimum Gasteiger partial charge on any atom is -0.490 e. The van der Waals surface area contributed by atoms with E-state index in [4.69, 9.17) is 9.47 Å². The van der Waals surface area contributed by atoms with E-state index in [1.807, 2.05) is 23.5 Å². The molecule has 0 aromatic heterocycles. The molecule has 17 heavy (non-hydrogen) atoms. The number of hydrogen-bond donors (Lipinski definition) is 0. The second kappa shape index (κ2) is 5.44. The molecule has 0 bridgehead atoms. The molecule has 4 heteroatoms. The van der Waals surface area contributed by atoms with Crippen LogP contribution in [0.1, 0.15) is 23.0 Å². The lowest BCUT2D eigenvalue weighted by Crippen LogP contribution is -2.01. The zero-order valence-corrected chi connectivity index (χ0v) is 11.3. The predicted octanol–water partition coefficient (Wildman–Crippen LogP) is 3.72. The molecule has 0 amide bonds. The quantitative estimate of drug-likeness (QED) is 0.772. The van der Waals surface area contributed by atoms with Crippen LogP contribution in [-0.2, 0) is 0 Å². The van der Waals surface area contributed by atoms with Gasteiger partial charge in [-0.1, -0.05) is 6.07 Å². The van der Waals surface area contributed by atoms with Gasteiger partial charge in [0, 0.05) is 6.42 Å². The third kappa shape index (κ3) is 2.68. The molecule has 2 nitrogen and oxygen atoms in total. The number of rotatable bonds is 1. The average molecular weight is 268 g/mol. The average Bonchev–Trinajstić information content (AvgIpc) is 2.64. The molecule has 0 aliphatic carbocycles. The van der Waals surface area contributed by atoms with Crippen molar-refractivity contribution >= 4 is 23.5 Å². The third-order valence-electron chi connectivity index (χ3n) is 2.87. The van der Waals surface area contributed by atoms with Crippen molar-refractivity contribution in [3.8, 4) is 11.5 Å². The van der Waals surface area contributed by atoms with E-state index < -0.39 is 0 Å². The maximum atomic E-state index is 5.74. The van der Waals surface area contributed by atoms with Crippen LogP contribution in [0.15, 0.2) is 18.2 Å². The molecule has 92 valence electrons. The van der Waals surface area contributed by atoms with Gasteiger partial charge >= 0.3 is 0 Å². The largest absolute Gasteiger partial charge is 0.490 e. The molecule has 0 N–H and O–H groups in total. The van der Waals surface area contributed by atoms with Crippen LogP contribution in [0.5, 0.6) is 11.5 Å². The molecule has 1 aromatic rings. The lowest BCUT2D eigenvalue weighted by Gasteiger charge is -2.22. The van der Waals surface area contributed by atoms with Gasteiger partial charge in [0.05, 0.1) is 17.8 Å². The minimum atomic E-state index is 0.570. The molecule has 2 aliphatic heterocycles. The van der Waals surface area contributed by atoms with Crippen molar-refractivity contribution in [1.82, 2.24) is 0 Å². The first-order chi connectivity index (χ1) is 8.43. The fraction of sp³-hybridized carbons (Fsp3) is 0.538. The maximum absolute atomic E-state index is 5.74. The van der Waals surface area contributed by atoms with Gasteiger partial charge in [0.1, 0.15) is 0 Å². The normalized spacial score (nSPS) is 20.9. The first kappa shape index (κ1) is 11.6. The van der Waals surface area contributed by atoms with Crippen molar-refractivity contribution in [3.05, 3.63) is 23.8 Å². The molecule has 0 radical (unpaired) electrons. The monoisotopic (exact) mass is 268 g/mol. The topological polar surface area (TPSA) is 18.5 Å². The first-order valence-corrected chi connectivity index (χ1v) is 8.16. The summed E-state index contributed by atoms with van der Waals surface area (Å²) in [4.78, 5) is 0. The van der Waals surface area contributed by atoms with Crippen molar-refractivity contribution < 1.29 is 9.47 Å². The SMILES string of the molecule is c1cc2c(cc1C1SCCCS1)OCCCO2. The van der Waals surface area contributed by atoms with Gasteiger partial charge in [-0.3, -0.25) is 0 Å². The standard InChI is InChI=1S/C13H16O2S2/c1-5-14-11-4-3-10(9-12(11)15-6-1)13-16-7-2-8-17-13/h3-4,9,13H,1-2,5-8H2. The molecule has 2 aliphatic rings. The summed E-state index contributed by atoms with van der Waals surface area (Å²) in [5, 5.41) is 0. The smallest absolute Gasteiger partial charge is 0.161 e. The van der Waals surface area contributed by atoms with Crippen molar-refractivity contribution in [2.24, 2.45) is 0 Å². The van der Waals surface area contributed by atoms with Crippen molar-refractivity contribution in [2.75, 3.05) is 24.7 Å². The van der Waals surface area contributed by atoms with Crippen LogP contribution < -0.4 is 9.47 Å². The van der Waals surface area contributed by atoms with Crippen molar-refractivity contribution in [2.45, 2.75) is 17.4 Å². The summed E-state index contributed by atoms with van der Waals surface area (Å²) in [5.74, 6) is 4.36. The second-order valence-corrected chi connectivity index (χ2v) is 6.91. The number of thioether (sulfide) groups is 2. The van der Waals surface area contributed by atoms with Crippen LogP contribution in [0.4, 0.5) is 0 Å². The summed E-state index contributed by atoms with van der Waals surface area (Å²) in [6, 6.07) is 6.41. The first-order valence-electron chi connectivity index (χ1n) is 6.06. The summed E-state index contributed by atoms with van der Waals surface area (Å²) < 4.78 is 12.0. The second-order valence-electron chi connectivity index (χ2n) is 4.18. The highest BCUT2D eigenvalue weighted by atomic mass is 32.2. The summed E-state index contributed by atoms with van der Waals surface area (Å²) in [6.45, 7) is 1.53. The molecule has 0 saturated carbocycles. The highest BCUT2D eigenvalue weighted by molar-refractivity contribution is 8.16. The van der Waals surface area contributed by atoms with E-state index in [1.165, 1.54) is 23.5 Å². The Bertz CT molecular complexity index is 389. The van der Waals surface area contributed by atoms with Gasteiger partial charge in [-0.2, -0.15) is 0 Å². The van der Waals surface area contributed by atoms with E-state index in [0.29, 0.717) is 4.58 Å². The van der Waals surface area contributed by atoms with Gasteiger partial charge in [-0.05, 0) is 35.6 Å². The lowest BCUT2D eigenvalue weighted by atomic mass is 10.2. The Labute approximate surface area is 110 Å². The Morgan fingerprint density at radius 1 is 0.941 bits per heavy atom. The summed E-state index contributed by atoms with van der Waals surface area (Å²) >= 11 is 4.08. The predicted molar refractivity (Wildman–Crippen MR) is 74.3 cm³/mol. The number of benzene rings is 1. The van der Waals surface area contributed by atoms with Gasteiger partial charge in [0.15, 0.2) is 11.5 Å². The van der Waals surface area contributed by atoms with E-state index in [-0.39, 0.29) is 0 Å². The third-order valence-corrected chi connectivity index (χ3v) is 5.89. The van der Waals surface area contributed by atoms with Crippen LogP contribution in [0.2, 0.25) is 0 Å². The van der Waals surface area contributed by atoms with E-state index in [0.717, 1.165) is 31.1 Å². The van der Waals surface area contributed by atoms with Crippen LogP contribution in [0.3, 0.4) is 0 Å². The summed E-state index contributed by atoms with van der Waals surface area (Å²) in [5.41, 5.74) is 1.36. The maximum Gasteiger partial charge on any atom is 0.161 e. The minimum absolute atomic E-state index is 0.570. The molecule has 3 rings (SSSR count). The molecule has 1 aromatic carbocycles. The van der Waals surface area contributed by atoms with Crippen LogP contribution in [0, 0.1) is 0 Å². The molecule has 0 spiro atoms. The Kier molecular flexibility index (Phi) is 3.71. The molecular formula is C13H16O2S2. The zero-order chi connectivity index (χ0) is 11.5.